The van der Waals surface area contributed by atoms with Gasteiger partial charge in [0.05, 0.1) is 13.4 Å². The van der Waals surface area contributed by atoms with Crippen molar-refractivity contribution < 1.29 is 32.6 Å². The fraction of sp³-hybridized carbons (Fsp3) is 0.318. The molecule has 3 heterocycles. The zero-order chi connectivity index (χ0) is 21.8. The molecule has 31 heavy (non-hydrogen) atoms. The molecule has 1 N–H and O–H groups in total. The van der Waals surface area contributed by atoms with E-state index in [1.165, 1.54) is 0 Å². The zero-order valence-electron chi connectivity index (χ0n) is 17.2. The molecule has 0 radical (unpaired) electrons. The summed E-state index contributed by atoms with van der Waals surface area (Å²) in [6, 6.07) is 9.20. The first-order chi connectivity index (χ1) is 15.0. The van der Waals surface area contributed by atoms with Crippen molar-refractivity contribution in [2.45, 2.75) is 38.9 Å². The maximum absolute atomic E-state index is 11.5. The van der Waals surface area contributed by atoms with Gasteiger partial charge in [0, 0.05) is 0 Å². The number of rotatable bonds is 9. The van der Waals surface area contributed by atoms with Crippen LogP contribution in [-0.2, 0) is 22.6 Å². The lowest BCUT2D eigenvalue weighted by molar-refractivity contribution is -0.123. The van der Waals surface area contributed by atoms with E-state index in [0.717, 1.165) is 5.56 Å². The van der Waals surface area contributed by atoms with E-state index in [0.29, 0.717) is 53.9 Å². The molecule has 3 aromatic rings. The Labute approximate surface area is 178 Å². The van der Waals surface area contributed by atoms with Crippen LogP contribution in [0.25, 0.3) is 11.7 Å². The number of benzene rings is 1. The summed E-state index contributed by atoms with van der Waals surface area (Å²) in [6.07, 6.45) is 2.01. The van der Waals surface area contributed by atoms with Crippen molar-refractivity contribution in [2.75, 3.05) is 7.11 Å². The summed E-state index contributed by atoms with van der Waals surface area (Å²) in [6.45, 7) is 2.04. The Morgan fingerprint density at radius 2 is 2.06 bits per heavy atom. The van der Waals surface area contributed by atoms with Crippen LogP contribution < -0.4 is 14.8 Å². The Morgan fingerprint density at radius 1 is 1.19 bits per heavy atom. The number of alkyl carbamates (subject to hydrolysis) is 1. The standard InChI is InChI=1S/C22H22N2O7/c1-13-15(23-21(30-13)18-7-4-10-28-18)12-29-16-9-8-14(11-19(16)27-2)5-3-6-17-20(25)24-22(26)31-17/h4,7-11,17H,3,5-6,12H2,1-2H3,(H,24,25,26)/t17-/m0/s1. The van der Waals surface area contributed by atoms with E-state index in [-0.39, 0.29) is 12.5 Å². The minimum atomic E-state index is -0.714. The molecule has 0 bridgehead atoms. The highest BCUT2D eigenvalue weighted by molar-refractivity contribution is 5.99. The molecule has 1 aliphatic heterocycles. The monoisotopic (exact) mass is 426 g/mol. The minimum absolute atomic E-state index is 0.216. The minimum Gasteiger partial charge on any atom is -0.493 e. The topological polar surface area (TPSA) is 113 Å². The second-order valence-electron chi connectivity index (χ2n) is 7.05. The summed E-state index contributed by atoms with van der Waals surface area (Å²) >= 11 is 0. The number of nitrogens with one attached hydrogen (secondary N) is 1. The van der Waals surface area contributed by atoms with E-state index in [2.05, 4.69) is 10.3 Å². The quantitative estimate of drug-likeness (QED) is 0.550. The highest BCUT2D eigenvalue weighted by atomic mass is 16.6. The first kappa shape index (κ1) is 20.5. The lowest BCUT2D eigenvalue weighted by Crippen LogP contribution is -2.24. The normalized spacial score (nSPS) is 15.6. The average Bonchev–Trinajstić information content (AvgIpc) is 3.48. The fourth-order valence-corrected chi connectivity index (χ4v) is 3.28. The number of imide groups is 1. The van der Waals surface area contributed by atoms with Crippen molar-refractivity contribution in [2.24, 2.45) is 0 Å². The lowest BCUT2D eigenvalue weighted by Gasteiger charge is -2.12. The second kappa shape index (κ2) is 8.95. The van der Waals surface area contributed by atoms with Gasteiger partial charge in [-0.1, -0.05) is 6.07 Å². The molecular formula is C22H22N2O7. The maximum Gasteiger partial charge on any atom is 0.414 e. The number of hydrogen-bond acceptors (Lipinski definition) is 8. The molecule has 0 aliphatic carbocycles. The molecule has 0 spiro atoms. The zero-order valence-corrected chi connectivity index (χ0v) is 17.2. The van der Waals surface area contributed by atoms with E-state index in [1.54, 1.807) is 25.5 Å². The molecule has 2 aromatic heterocycles. The fourth-order valence-electron chi connectivity index (χ4n) is 3.28. The molecule has 0 unspecified atom stereocenters. The van der Waals surface area contributed by atoms with Crippen molar-refractivity contribution in [3.05, 3.63) is 53.6 Å². The number of cyclic esters (lactones) is 1. The number of aryl methyl sites for hydroxylation is 2. The van der Waals surface area contributed by atoms with Crippen LogP contribution in [0.2, 0.25) is 0 Å². The lowest BCUT2D eigenvalue weighted by atomic mass is 10.1. The van der Waals surface area contributed by atoms with Crippen LogP contribution in [0, 0.1) is 6.92 Å². The molecule has 1 fully saturated rings. The van der Waals surface area contributed by atoms with Crippen LogP contribution in [0.1, 0.15) is 29.9 Å². The van der Waals surface area contributed by atoms with E-state index in [1.807, 2.05) is 25.1 Å². The predicted octanol–water partition coefficient (Wildman–Crippen LogP) is 3.79. The summed E-state index contributed by atoms with van der Waals surface area (Å²) in [5.74, 6) is 2.40. The number of aromatic nitrogens is 1. The van der Waals surface area contributed by atoms with Gasteiger partial charge in [-0.05, 0) is 56.0 Å². The largest absolute Gasteiger partial charge is 0.493 e. The van der Waals surface area contributed by atoms with E-state index < -0.39 is 12.2 Å². The summed E-state index contributed by atoms with van der Waals surface area (Å²) in [5, 5.41) is 2.13. The highest BCUT2D eigenvalue weighted by Gasteiger charge is 2.31. The number of carbonyl (C=O) groups is 2. The van der Waals surface area contributed by atoms with Gasteiger partial charge in [-0.15, -0.1) is 0 Å². The van der Waals surface area contributed by atoms with Gasteiger partial charge in [-0.25, -0.2) is 9.78 Å². The molecule has 2 amide bonds. The van der Waals surface area contributed by atoms with Crippen LogP contribution in [0.5, 0.6) is 11.5 Å². The summed E-state index contributed by atoms with van der Waals surface area (Å²) in [4.78, 5) is 27.0. The van der Waals surface area contributed by atoms with Crippen molar-refractivity contribution in [3.8, 4) is 23.1 Å². The Bertz CT molecular complexity index is 1070. The van der Waals surface area contributed by atoms with Gasteiger partial charge in [0.1, 0.15) is 18.1 Å². The molecule has 9 nitrogen and oxygen atoms in total. The Hall–Kier alpha value is -3.75. The van der Waals surface area contributed by atoms with Gasteiger partial charge in [0.2, 0.25) is 0 Å². The van der Waals surface area contributed by atoms with Crippen LogP contribution >= 0.6 is 0 Å². The summed E-state index contributed by atoms with van der Waals surface area (Å²) in [5.41, 5.74) is 1.69. The van der Waals surface area contributed by atoms with Crippen molar-refractivity contribution in [3.63, 3.8) is 0 Å². The van der Waals surface area contributed by atoms with E-state index >= 15 is 0 Å². The molecule has 1 aliphatic rings. The molecule has 4 rings (SSSR count). The van der Waals surface area contributed by atoms with Crippen LogP contribution in [0.15, 0.2) is 45.4 Å². The molecule has 9 heteroatoms. The van der Waals surface area contributed by atoms with Gasteiger partial charge in [-0.3, -0.25) is 10.1 Å². The highest BCUT2D eigenvalue weighted by Crippen LogP contribution is 2.30. The van der Waals surface area contributed by atoms with Crippen molar-refractivity contribution in [1.29, 1.82) is 0 Å². The van der Waals surface area contributed by atoms with Gasteiger partial charge >= 0.3 is 6.09 Å². The van der Waals surface area contributed by atoms with Gasteiger partial charge in [0.15, 0.2) is 23.4 Å². The van der Waals surface area contributed by atoms with Crippen LogP contribution in [0.4, 0.5) is 4.79 Å². The van der Waals surface area contributed by atoms with Gasteiger partial charge < -0.3 is 23.0 Å². The third kappa shape index (κ3) is 4.71. The molecule has 0 saturated carbocycles. The first-order valence-corrected chi connectivity index (χ1v) is 9.85. The van der Waals surface area contributed by atoms with E-state index in [9.17, 15) is 9.59 Å². The number of oxazole rings is 1. The van der Waals surface area contributed by atoms with Gasteiger partial charge in [-0.2, -0.15) is 0 Å². The molecule has 1 atom stereocenters. The smallest absolute Gasteiger partial charge is 0.414 e. The first-order valence-electron chi connectivity index (χ1n) is 9.85. The van der Waals surface area contributed by atoms with Crippen molar-refractivity contribution in [1.82, 2.24) is 10.3 Å². The maximum atomic E-state index is 11.5. The number of nitrogens with zero attached hydrogens (tertiary/aromatic N) is 1. The third-order valence-electron chi connectivity index (χ3n) is 4.92. The summed E-state index contributed by atoms with van der Waals surface area (Å²) in [7, 11) is 1.57. The molecular weight excluding hydrogens is 404 g/mol. The van der Waals surface area contributed by atoms with Crippen LogP contribution in [0.3, 0.4) is 0 Å². The van der Waals surface area contributed by atoms with Crippen molar-refractivity contribution >= 4 is 12.0 Å². The Balaban J connectivity index is 1.35. The van der Waals surface area contributed by atoms with Crippen LogP contribution in [-0.4, -0.2) is 30.2 Å². The second-order valence-corrected chi connectivity index (χ2v) is 7.05. The number of hydrogen-bond donors (Lipinski definition) is 1. The predicted molar refractivity (Wildman–Crippen MR) is 108 cm³/mol. The Morgan fingerprint density at radius 3 is 2.77 bits per heavy atom. The Kier molecular flexibility index (Phi) is 5.92. The number of amides is 2. The third-order valence-corrected chi connectivity index (χ3v) is 4.92. The number of furan rings is 1. The summed E-state index contributed by atoms with van der Waals surface area (Å²) < 4.78 is 27.2. The molecule has 1 saturated heterocycles. The average molecular weight is 426 g/mol. The van der Waals surface area contributed by atoms with E-state index in [4.69, 9.17) is 23.0 Å². The number of methoxy groups -OCH3 is 1. The number of ether oxygens (including phenoxy) is 3. The number of carbonyl (C=O) groups excluding carboxylic acids is 2. The van der Waals surface area contributed by atoms with Gasteiger partial charge in [0.25, 0.3) is 11.8 Å². The molecule has 162 valence electrons. The SMILES string of the molecule is COc1cc(CCC[C@@H]2OC(=O)NC2=O)ccc1OCc1nc(-c2ccco2)oc1C. The molecule has 1 aromatic carbocycles.